The Morgan fingerprint density at radius 2 is 1.87 bits per heavy atom. The minimum Gasteiger partial charge on any atom is -0.307 e. The van der Waals surface area contributed by atoms with Gasteiger partial charge in [0.15, 0.2) is 0 Å². The van der Waals surface area contributed by atoms with Crippen molar-refractivity contribution in [1.82, 2.24) is 9.38 Å². The molecule has 0 spiro atoms. The number of hydrogen-bond acceptors (Lipinski definition) is 1. The second kappa shape index (κ2) is 3.69. The Balaban J connectivity index is 2.64. The molecule has 2 aromatic heterocycles. The van der Waals surface area contributed by atoms with Gasteiger partial charge >= 0.3 is 0 Å². The Bertz CT molecular complexity index is 466. The fourth-order valence-corrected chi connectivity index (χ4v) is 1.78. The molecular formula is C13H18N2. The molecule has 0 bridgehead atoms. The highest BCUT2D eigenvalue weighted by Gasteiger charge is 2.10. The van der Waals surface area contributed by atoms with E-state index in [0.29, 0.717) is 11.8 Å². The second-order valence-electron chi connectivity index (χ2n) is 4.67. The molecule has 0 aliphatic rings. The lowest BCUT2D eigenvalue weighted by molar-refractivity contribution is 0.831. The average Bonchev–Trinajstić information content (AvgIpc) is 2.60. The second-order valence-corrected chi connectivity index (χ2v) is 4.67. The van der Waals surface area contributed by atoms with Crippen LogP contribution in [0, 0.1) is 0 Å². The largest absolute Gasteiger partial charge is 0.307 e. The standard InChI is InChI=1S/C13H18N2/c1-9(2)11-6-5-7-15-8-12(10(3)4)14-13(11)15/h5-10H,1-4H3. The number of hydrogen-bond donors (Lipinski definition) is 0. The van der Waals surface area contributed by atoms with Crippen molar-refractivity contribution >= 4 is 5.65 Å². The Morgan fingerprint density at radius 3 is 2.47 bits per heavy atom. The highest BCUT2D eigenvalue weighted by atomic mass is 15.0. The SMILES string of the molecule is CC(C)c1cn2cccc(C(C)C)c2n1. The fraction of sp³-hybridized carbons (Fsp3) is 0.462. The molecule has 2 rings (SSSR count). The van der Waals surface area contributed by atoms with Gasteiger partial charge in [0.05, 0.1) is 5.69 Å². The smallest absolute Gasteiger partial charge is 0.140 e. The minimum absolute atomic E-state index is 0.491. The maximum atomic E-state index is 4.70. The number of nitrogens with zero attached hydrogens (tertiary/aromatic N) is 2. The van der Waals surface area contributed by atoms with Crippen molar-refractivity contribution < 1.29 is 0 Å². The zero-order chi connectivity index (χ0) is 11.0. The van der Waals surface area contributed by atoms with Gasteiger partial charge in [-0.1, -0.05) is 33.8 Å². The van der Waals surface area contributed by atoms with Crippen LogP contribution in [0.3, 0.4) is 0 Å². The summed E-state index contributed by atoms with van der Waals surface area (Å²) in [6.45, 7) is 8.77. The first-order chi connectivity index (χ1) is 7.09. The lowest BCUT2D eigenvalue weighted by Gasteiger charge is -2.05. The molecule has 0 atom stereocenters. The monoisotopic (exact) mass is 202 g/mol. The van der Waals surface area contributed by atoms with Crippen molar-refractivity contribution in [2.75, 3.05) is 0 Å². The first-order valence-corrected chi connectivity index (χ1v) is 5.57. The topological polar surface area (TPSA) is 17.3 Å². The van der Waals surface area contributed by atoms with E-state index in [2.05, 4.69) is 56.6 Å². The van der Waals surface area contributed by atoms with Crippen LogP contribution in [0.25, 0.3) is 5.65 Å². The molecule has 0 N–H and O–H groups in total. The quantitative estimate of drug-likeness (QED) is 0.727. The van der Waals surface area contributed by atoms with Gasteiger partial charge in [0.2, 0.25) is 0 Å². The fourth-order valence-electron chi connectivity index (χ4n) is 1.78. The molecule has 2 aromatic rings. The highest BCUT2D eigenvalue weighted by molar-refractivity contribution is 5.50. The number of pyridine rings is 1. The van der Waals surface area contributed by atoms with Gasteiger partial charge < -0.3 is 4.40 Å². The first kappa shape index (κ1) is 10.2. The number of imidazole rings is 1. The van der Waals surface area contributed by atoms with Gasteiger partial charge in [-0.05, 0) is 23.5 Å². The summed E-state index contributed by atoms with van der Waals surface area (Å²) in [7, 11) is 0. The highest BCUT2D eigenvalue weighted by Crippen LogP contribution is 2.22. The molecule has 0 aliphatic heterocycles. The maximum absolute atomic E-state index is 4.70. The van der Waals surface area contributed by atoms with E-state index in [-0.39, 0.29) is 0 Å². The summed E-state index contributed by atoms with van der Waals surface area (Å²) in [6.07, 6.45) is 4.20. The molecular weight excluding hydrogens is 184 g/mol. The lowest BCUT2D eigenvalue weighted by atomic mass is 10.1. The van der Waals surface area contributed by atoms with E-state index < -0.39 is 0 Å². The summed E-state index contributed by atoms with van der Waals surface area (Å²) < 4.78 is 2.13. The van der Waals surface area contributed by atoms with Gasteiger partial charge in [0.25, 0.3) is 0 Å². The zero-order valence-electron chi connectivity index (χ0n) is 9.86. The third kappa shape index (κ3) is 1.76. The zero-order valence-corrected chi connectivity index (χ0v) is 9.86. The van der Waals surface area contributed by atoms with E-state index in [9.17, 15) is 0 Å². The van der Waals surface area contributed by atoms with Crippen molar-refractivity contribution in [3.63, 3.8) is 0 Å². The van der Waals surface area contributed by atoms with E-state index in [0.717, 1.165) is 5.65 Å². The Labute approximate surface area is 91.0 Å². The maximum Gasteiger partial charge on any atom is 0.140 e. The van der Waals surface area contributed by atoms with E-state index in [1.54, 1.807) is 0 Å². The molecule has 0 saturated carbocycles. The van der Waals surface area contributed by atoms with Crippen molar-refractivity contribution in [3.8, 4) is 0 Å². The number of aromatic nitrogens is 2. The van der Waals surface area contributed by atoms with Crippen molar-refractivity contribution in [1.29, 1.82) is 0 Å². The molecule has 0 radical (unpaired) electrons. The van der Waals surface area contributed by atoms with E-state index in [1.807, 2.05) is 0 Å². The van der Waals surface area contributed by atoms with Crippen LogP contribution in [0.15, 0.2) is 24.5 Å². The van der Waals surface area contributed by atoms with Gasteiger partial charge in [0.1, 0.15) is 5.65 Å². The lowest BCUT2D eigenvalue weighted by Crippen LogP contribution is -1.93. The van der Waals surface area contributed by atoms with Gasteiger partial charge in [0, 0.05) is 12.4 Å². The van der Waals surface area contributed by atoms with Crippen molar-refractivity contribution in [3.05, 3.63) is 35.8 Å². The van der Waals surface area contributed by atoms with Crippen LogP contribution in [0.5, 0.6) is 0 Å². The van der Waals surface area contributed by atoms with E-state index in [4.69, 9.17) is 4.98 Å². The summed E-state index contributed by atoms with van der Waals surface area (Å²) in [5.41, 5.74) is 3.60. The van der Waals surface area contributed by atoms with Crippen LogP contribution in [-0.2, 0) is 0 Å². The average molecular weight is 202 g/mol. The molecule has 2 nitrogen and oxygen atoms in total. The molecule has 0 aromatic carbocycles. The Kier molecular flexibility index (Phi) is 2.51. The summed E-state index contributed by atoms with van der Waals surface area (Å²) in [5, 5.41) is 0. The van der Waals surface area contributed by atoms with Crippen molar-refractivity contribution in [2.24, 2.45) is 0 Å². The van der Waals surface area contributed by atoms with Gasteiger partial charge in [-0.3, -0.25) is 0 Å². The van der Waals surface area contributed by atoms with Crippen LogP contribution in [0.1, 0.15) is 50.8 Å². The van der Waals surface area contributed by atoms with Crippen LogP contribution in [0.4, 0.5) is 0 Å². The first-order valence-electron chi connectivity index (χ1n) is 5.57. The molecule has 0 aliphatic carbocycles. The summed E-state index contributed by atoms with van der Waals surface area (Å²) in [5.74, 6) is 1.01. The molecule has 0 unspecified atom stereocenters. The predicted octanol–water partition coefficient (Wildman–Crippen LogP) is 3.58. The summed E-state index contributed by atoms with van der Waals surface area (Å²) in [6, 6.07) is 4.26. The van der Waals surface area contributed by atoms with E-state index in [1.165, 1.54) is 11.3 Å². The van der Waals surface area contributed by atoms with Crippen LogP contribution in [0.2, 0.25) is 0 Å². The molecule has 2 heteroatoms. The number of fused-ring (bicyclic) bond motifs is 1. The molecule has 2 heterocycles. The summed E-state index contributed by atoms with van der Waals surface area (Å²) in [4.78, 5) is 4.70. The summed E-state index contributed by atoms with van der Waals surface area (Å²) >= 11 is 0. The number of rotatable bonds is 2. The molecule has 0 amide bonds. The molecule has 15 heavy (non-hydrogen) atoms. The third-order valence-electron chi connectivity index (χ3n) is 2.75. The van der Waals surface area contributed by atoms with Crippen LogP contribution >= 0.6 is 0 Å². The normalized spacial score (nSPS) is 11.9. The predicted molar refractivity (Wildman–Crippen MR) is 63.4 cm³/mol. The van der Waals surface area contributed by atoms with Crippen LogP contribution in [-0.4, -0.2) is 9.38 Å². The van der Waals surface area contributed by atoms with Gasteiger partial charge in [-0.25, -0.2) is 4.98 Å². The Morgan fingerprint density at radius 1 is 1.13 bits per heavy atom. The minimum atomic E-state index is 0.491. The Hall–Kier alpha value is -1.31. The van der Waals surface area contributed by atoms with Gasteiger partial charge in [-0.15, -0.1) is 0 Å². The molecule has 80 valence electrons. The van der Waals surface area contributed by atoms with E-state index >= 15 is 0 Å². The van der Waals surface area contributed by atoms with Gasteiger partial charge in [-0.2, -0.15) is 0 Å². The van der Waals surface area contributed by atoms with Crippen molar-refractivity contribution in [2.45, 2.75) is 39.5 Å². The molecule has 0 saturated heterocycles. The molecule has 0 fully saturated rings. The van der Waals surface area contributed by atoms with Crippen LogP contribution < -0.4 is 0 Å². The third-order valence-corrected chi connectivity index (χ3v) is 2.75.